The molecule has 174 valence electrons. The topological polar surface area (TPSA) is 94.6 Å². The van der Waals surface area contributed by atoms with Crippen molar-refractivity contribution < 1.29 is 27.6 Å². The number of halogens is 4. The van der Waals surface area contributed by atoms with Gasteiger partial charge < -0.3 is 10.2 Å². The van der Waals surface area contributed by atoms with E-state index < -0.39 is 41.0 Å². The molecule has 3 heterocycles. The second kappa shape index (κ2) is 8.42. The van der Waals surface area contributed by atoms with Gasteiger partial charge in [-0.05, 0) is 31.7 Å². The summed E-state index contributed by atoms with van der Waals surface area (Å²) in [6.07, 6.45) is 0.757. The van der Waals surface area contributed by atoms with Crippen molar-refractivity contribution in [2.24, 2.45) is 5.92 Å². The van der Waals surface area contributed by atoms with E-state index in [-0.39, 0.29) is 10.8 Å². The number of imide groups is 1. The van der Waals surface area contributed by atoms with Crippen LogP contribution in [-0.2, 0) is 15.8 Å². The van der Waals surface area contributed by atoms with Crippen molar-refractivity contribution >= 4 is 35.3 Å². The molecular weight excluding hydrogens is 451 g/mol. The molecule has 12 heteroatoms. The first-order valence-electron chi connectivity index (χ1n) is 10.6. The van der Waals surface area contributed by atoms with Crippen LogP contribution in [0.25, 0.3) is 0 Å². The van der Waals surface area contributed by atoms with Crippen LogP contribution in [0.1, 0.15) is 50.5 Å². The Morgan fingerprint density at radius 1 is 1.19 bits per heavy atom. The first kappa shape index (κ1) is 22.6. The van der Waals surface area contributed by atoms with E-state index in [1.165, 1.54) is 0 Å². The van der Waals surface area contributed by atoms with Crippen LogP contribution in [0.5, 0.6) is 0 Å². The summed E-state index contributed by atoms with van der Waals surface area (Å²) in [5.74, 6) is -1.09. The number of alkyl halides is 3. The van der Waals surface area contributed by atoms with Gasteiger partial charge in [-0.25, -0.2) is 9.78 Å². The Hall–Kier alpha value is -2.56. The Morgan fingerprint density at radius 2 is 1.84 bits per heavy atom. The number of amides is 4. The molecule has 0 unspecified atom stereocenters. The number of urea groups is 1. The first-order valence-corrected chi connectivity index (χ1v) is 10.9. The summed E-state index contributed by atoms with van der Waals surface area (Å²) in [7, 11) is 0. The van der Waals surface area contributed by atoms with E-state index in [0.29, 0.717) is 38.8 Å². The largest absolute Gasteiger partial charge is 0.417 e. The lowest BCUT2D eigenvalue weighted by molar-refractivity contribution is -0.141. The van der Waals surface area contributed by atoms with Crippen LogP contribution in [0.15, 0.2) is 12.3 Å². The Bertz CT molecular complexity index is 928. The first-order chi connectivity index (χ1) is 15.1. The van der Waals surface area contributed by atoms with Gasteiger partial charge in [0.2, 0.25) is 5.91 Å². The summed E-state index contributed by atoms with van der Waals surface area (Å²) in [5.41, 5.74) is 0.612. The normalized spacial score (nSPS) is 21.8. The summed E-state index contributed by atoms with van der Waals surface area (Å²) in [6.45, 7) is 0.695. The van der Waals surface area contributed by atoms with Crippen molar-refractivity contribution in [3.63, 3.8) is 0 Å². The van der Waals surface area contributed by atoms with E-state index in [4.69, 9.17) is 11.6 Å². The minimum absolute atomic E-state index is 0.111. The molecule has 0 atom stereocenters. The fraction of sp³-hybridized carbons (Fsp3) is 0.600. The number of nitrogens with one attached hydrogen (secondary N) is 2. The highest BCUT2D eigenvalue weighted by Crippen LogP contribution is 2.35. The van der Waals surface area contributed by atoms with Gasteiger partial charge >= 0.3 is 12.2 Å². The summed E-state index contributed by atoms with van der Waals surface area (Å²) in [6, 6.07) is 0.213. The van der Waals surface area contributed by atoms with Gasteiger partial charge in [0.1, 0.15) is 11.4 Å². The van der Waals surface area contributed by atoms with Crippen molar-refractivity contribution in [1.29, 1.82) is 0 Å². The number of rotatable bonds is 3. The molecule has 0 aromatic carbocycles. The molecule has 4 rings (SSSR count). The van der Waals surface area contributed by atoms with E-state index in [2.05, 4.69) is 15.7 Å². The van der Waals surface area contributed by atoms with Crippen LogP contribution in [0.4, 0.5) is 23.8 Å². The lowest BCUT2D eigenvalue weighted by Crippen LogP contribution is -2.52. The smallest absolute Gasteiger partial charge is 0.355 e. The number of aromatic nitrogens is 1. The third kappa shape index (κ3) is 4.22. The SMILES string of the molecule is O=C(NN1C(=O)NC2(CCCCC2)C1=O)C1CCN(c2ncc(C(F)(F)F)cc2Cl)CC1. The number of carbonyl (C=O) groups is 3. The number of hydrogen-bond acceptors (Lipinski definition) is 5. The van der Waals surface area contributed by atoms with Crippen molar-refractivity contribution in [2.75, 3.05) is 18.0 Å². The van der Waals surface area contributed by atoms with Crippen molar-refractivity contribution in [1.82, 2.24) is 20.7 Å². The fourth-order valence-corrected chi connectivity index (χ4v) is 4.88. The van der Waals surface area contributed by atoms with Gasteiger partial charge in [-0.1, -0.05) is 30.9 Å². The molecule has 1 aromatic rings. The molecule has 1 aliphatic carbocycles. The van der Waals surface area contributed by atoms with E-state index in [0.717, 1.165) is 36.5 Å². The standard InChI is InChI=1S/C20H23ClF3N5O3/c21-14-10-13(20(22,23)24)11-25-15(14)28-8-4-12(5-9-28)16(30)27-29-17(31)19(26-18(29)32)6-2-1-3-7-19/h10-12H,1-9H2,(H,26,32)(H,27,30). The zero-order valence-electron chi connectivity index (χ0n) is 17.2. The molecule has 2 aliphatic heterocycles. The van der Waals surface area contributed by atoms with Crippen molar-refractivity contribution in [2.45, 2.75) is 56.7 Å². The number of anilines is 1. The molecule has 0 bridgehead atoms. The number of pyridine rings is 1. The molecule has 1 aromatic heterocycles. The van der Waals surface area contributed by atoms with Crippen LogP contribution in [0.3, 0.4) is 0 Å². The Morgan fingerprint density at radius 3 is 2.44 bits per heavy atom. The lowest BCUT2D eigenvalue weighted by atomic mass is 9.82. The quantitative estimate of drug-likeness (QED) is 0.657. The van der Waals surface area contributed by atoms with Crippen molar-refractivity contribution in [3.8, 4) is 0 Å². The van der Waals surface area contributed by atoms with Gasteiger partial charge in [-0.3, -0.25) is 15.0 Å². The van der Waals surface area contributed by atoms with Crippen LogP contribution in [0.2, 0.25) is 5.02 Å². The molecular formula is C20H23ClF3N5O3. The predicted molar refractivity (Wildman–Crippen MR) is 109 cm³/mol. The average Bonchev–Trinajstić information content (AvgIpc) is 2.97. The molecule has 2 saturated heterocycles. The average molecular weight is 474 g/mol. The van der Waals surface area contributed by atoms with Crippen LogP contribution in [-0.4, -0.2) is 46.5 Å². The highest BCUT2D eigenvalue weighted by Gasteiger charge is 2.52. The van der Waals surface area contributed by atoms with Crippen LogP contribution >= 0.6 is 11.6 Å². The zero-order valence-corrected chi connectivity index (χ0v) is 17.9. The second-order valence-corrected chi connectivity index (χ2v) is 8.89. The Labute approximate surface area is 187 Å². The monoisotopic (exact) mass is 473 g/mol. The minimum atomic E-state index is -4.53. The molecule has 3 fully saturated rings. The Balaban J connectivity index is 1.35. The molecule has 1 spiro atoms. The maximum absolute atomic E-state index is 12.8. The molecule has 8 nitrogen and oxygen atoms in total. The summed E-state index contributed by atoms with van der Waals surface area (Å²) in [4.78, 5) is 43.4. The highest BCUT2D eigenvalue weighted by molar-refractivity contribution is 6.33. The van der Waals surface area contributed by atoms with Gasteiger partial charge in [-0.2, -0.15) is 18.2 Å². The van der Waals surface area contributed by atoms with Crippen molar-refractivity contribution in [3.05, 3.63) is 22.8 Å². The zero-order chi connectivity index (χ0) is 23.1. The predicted octanol–water partition coefficient (Wildman–Crippen LogP) is 3.26. The number of hydrazine groups is 1. The van der Waals surface area contributed by atoms with Crippen LogP contribution in [0, 0.1) is 5.92 Å². The number of hydrogen-bond donors (Lipinski definition) is 2. The molecule has 3 aliphatic rings. The number of piperidine rings is 1. The summed E-state index contributed by atoms with van der Waals surface area (Å²) in [5, 5.41) is 3.41. The fourth-order valence-electron chi connectivity index (χ4n) is 4.59. The minimum Gasteiger partial charge on any atom is -0.355 e. The highest BCUT2D eigenvalue weighted by atomic mass is 35.5. The third-order valence-corrected chi connectivity index (χ3v) is 6.68. The van der Waals surface area contributed by atoms with Gasteiger partial charge in [-0.15, -0.1) is 0 Å². The van der Waals surface area contributed by atoms with E-state index >= 15 is 0 Å². The lowest BCUT2D eigenvalue weighted by Gasteiger charge is -2.33. The number of nitrogens with zero attached hydrogens (tertiary/aromatic N) is 3. The second-order valence-electron chi connectivity index (χ2n) is 8.48. The van der Waals surface area contributed by atoms with Crippen LogP contribution < -0.4 is 15.6 Å². The number of carbonyl (C=O) groups excluding carboxylic acids is 3. The Kier molecular flexibility index (Phi) is 5.95. The molecule has 0 radical (unpaired) electrons. The van der Waals surface area contributed by atoms with Gasteiger partial charge in [0, 0.05) is 25.2 Å². The molecule has 4 amide bonds. The molecule has 2 N–H and O–H groups in total. The summed E-state index contributed by atoms with van der Waals surface area (Å²) < 4.78 is 38.4. The van der Waals surface area contributed by atoms with E-state index in [1.807, 2.05) is 0 Å². The maximum atomic E-state index is 12.8. The maximum Gasteiger partial charge on any atom is 0.417 e. The van der Waals surface area contributed by atoms with Gasteiger partial charge in [0.25, 0.3) is 5.91 Å². The van der Waals surface area contributed by atoms with E-state index in [9.17, 15) is 27.6 Å². The van der Waals surface area contributed by atoms with Gasteiger partial charge in [0.05, 0.1) is 10.6 Å². The molecule has 1 saturated carbocycles. The summed E-state index contributed by atoms with van der Waals surface area (Å²) >= 11 is 6.01. The van der Waals surface area contributed by atoms with Gasteiger partial charge in [0.15, 0.2) is 0 Å². The van der Waals surface area contributed by atoms with E-state index in [1.54, 1.807) is 4.90 Å². The molecule has 32 heavy (non-hydrogen) atoms. The third-order valence-electron chi connectivity index (χ3n) is 6.41.